The van der Waals surface area contributed by atoms with E-state index in [1.807, 2.05) is 25.1 Å². The highest BCUT2D eigenvalue weighted by molar-refractivity contribution is 5.55. The summed E-state index contributed by atoms with van der Waals surface area (Å²) < 4.78 is 5.14. The molecular weight excluding hydrogens is 186 g/mol. The minimum Gasteiger partial charge on any atom is -0.497 e. The Hall–Kier alpha value is -1.62. The summed E-state index contributed by atoms with van der Waals surface area (Å²) in [7, 11) is 1.66. The van der Waals surface area contributed by atoms with E-state index in [4.69, 9.17) is 11.2 Å². The van der Waals surface area contributed by atoms with Crippen molar-refractivity contribution in [3.63, 3.8) is 0 Å². The number of rotatable bonds is 4. The Morgan fingerprint density at radius 1 is 1.53 bits per heavy atom. The molecule has 1 rings (SSSR count). The highest BCUT2D eigenvalue weighted by Gasteiger charge is 2.04. The van der Waals surface area contributed by atoms with Gasteiger partial charge in [-0.2, -0.15) is 0 Å². The van der Waals surface area contributed by atoms with Crippen molar-refractivity contribution in [2.24, 2.45) is 0 Å². The van der Waals surface area contributed by atoms with Gasteiger partial charge in [0.15, 0.2) is 0 Å². The third-order valence-electron chi connectivity index (χ3n) is 2.37. The average Bonchev–Trinajstić information content (AvgIpc) is 2.27. The van der Waals surface area contributed by atoms with Crippen LogP contribution >= 0.6 is 0 Å². The molecule has 80 valence electrons. The fourth-order valence-electron chi connectivity index (χ4n) is 1.37. The number of benzene rings is 1. The van der Waals surface area contributed by atoms with Gasteiger partial charge < -0.3 is 10.1 Å². The molecule has 1 aromatic carbocycles. The van der Waals surface area contributed by atoms with E-state index in [0.29, 0.717) is 0 Å². The van der Waals surface area contributed by atoms with Gasteiger partial charge >= 0.3 is 0 Å². The van der Waals surface area contributed by atoms with E-state index in [-0.39, 0.29) is 6.04 Å². The second-order valence-electron chi connectivity index (χ2n) is 3.45. The van der Waals surface area contributed by atoms with Gasteiger partial charge in [0.1, 0.15) is 5.75 Å². The van der Waals surface area contributed by atoms with E-state index >= 15 is 0 Å². The van der Waals surface area contributed by atoms with Gasteiger partial charge in [-0.05, 0) is 37.1 Å². The van der Waals surface area contributed by atoms with Crippen LogP contribution < -0.4 is 10.1 Å². The van der Waals surface area contributed by atoms with Crippen LogP contribution in [0.25, 0.3) is 0 Å². The molecular formula is C13H17NO. The van der Waals surface area contributed by atoms with Crippen LogP contribution in [-0.4, -0.2) is 13.2 Å². The maximum atomic E-state index is 5.40. The van der Waals surface area contributed by atoms with Crippen molar-refractivity contribution in [3.05, 3.63) is 23.8 Å². The van der Waals surface area contributed by atoms with E-state index < -0.39 is 0 Å². The molecule has 0 spiro atoms. The van der Waals surface area contributed by atoms with Gasteiger partial charge in [-0.25, -0.2) is 0 Å². The molecule has 0 aliphatic carbocycles. The molecule has 0 radical (unpaired) electrons. The molecule has 0 fully saturated rings. The number of terminal acetylenes is 1. The van der Waals surface area contributed by atoms with Crippen LogP contribution in [0.1, 0.15) is 18.9 Å². The van der Waals surface area contributed by atoms with Crippen LogP contribution in [-0.2, 0) is 0 Å². The quantitative estimate of drug-likeness (QED) is 0.760. The standard InChI is InChI=1S/C13H17NO/c1-5-11(6-2)14-13-8-7-12(15-4)9-10(13)3/h1,7-9,11,14H,6H2,2-4H3. The summed E-state index contributed by atoms with van der Waals surface area (Å²) in [6.45, 7) is 4.10. The SMILES string of the molecule is C#CC(CC)Nc1ccc(OC)cc1C. The molecule has 2 nitrogen and oxygen atoms in total. The first kappa shape index (κ1) is 11.5. The van der Waals surface area contributed by atoms with Crippen molar-refractivity contribution >= 4 is 5.69 Å². The summed E-state index contributed by atoms with van der Waals surface area (Å²) in [5.41, 5.74) is 2.21. The maximum Gasteiger partial charge on any atom is 0.119 e. The second kappa shape index (κ2) is 5.31. The molecule has 0 amide bonds. The fraction of sp³-hybridized carbons (Fsp3) is 0.385. The predicted molar refractivity (Wildman–Crippen MR) is 64.3 cm³/mol. The van der Waals surface area contributed by atoms with Crippen LogP contribution in [0.3, 0.4) is 0 Å². The van der Waals surface area contributed by atoms with Crippen LogP contribution in [0.15, 0.2) is 18.2 Å². The zero-order valence-electron chi connectivity index (χ0n) is 9.50. The summed E-state index contributed by atoms with van der Waals surface area (Å²) in [6.07, 6.45) is 6.32. The molecule has 1 aromatic rings. The zero-order valence-corrected chi connectivity index (χ0v) is 9.50. The summed E-state index contributed by atoms with van der Waals surface area (Å²) in [4.78, 5) is 0. The molecule has 0 saturated heterocycles. The van der Waals surface area contributed by atoms with E-state index in [1.54, 1.807) is 7.11 Å². The van der Waals surface area contributed by atoms with Crippen LogP contribution in [0, 0.1) is 19.3 Å². The molecule has 1 N–H and O–H groups in total. The molecule has 15 heavy (non-hydrogen) atoms. The molecule has 1 unspecified atom stereocenters. The van der Waals surface area contributed by atoms with E-state index in [2.05, 4.69) is 18.2 Å². The normalized spacial score (nSPS) is 11.6. The van der Waals surface area contributed by atoms with E-state index in [1.165, 1.54) is 0 Å². The topological polar surface area (TPSA) is 21.3 Å². The van der Waals surface area contributed by atoms with E-state index in [0.717, 1.165) is 23.4 Å². The van der Waals surface area contributed by atoms with Crippen molar-refractivity contribution in [2.45, 2.75) is 26.3 Å². The Bertz CT molecular complexity index is 365. The van der Waals surface area contributed by atoms with E-state index in [9.17, 15) is 0 Å². The van der Waals surface area contributed by atoms with Gasteiger partial charge in [-0.15, -0.1) is 6.42 Å². The number of hydrogen-bond donors (Lipinski definition) is 1. The molecule has 0 aromatic heterocycles. The van der Waals surface area contributed by atoms with Gasteiger partial charge in [0.05, 0.1) is 13.2 Å². The van der Waals surface area contributed by atoms with Crippen LogP contribution in [0.2, 0.25) is 0 Å². The number of hydrogen-bond acceptors (Lipinski definition) is 2. The Kier molecular flexibility index (Phi) is 4.05. The number of ether oxygens (including phenoxy) is 1. The number of anilines is 1. The second-order valence-corrected chi connectivity index (χ2v) is 3.45. The van der Waals surface area contributed by atoms with Gasteiger partial charge in [0.2, 0.25) is 0 Å². The highest BCUT2D eigenvalue weighted by Crippen LogP contribution is 2.21. The monoisotopic (exact) mass is 203 g/mol. The van der Waals surface area contributed by atoms with Crippen molar-refractivity contribution in [2.75, 3.05) is 12.4 Å². The molecule has 0 aliphatic heterocycles. The minimum absolute atomic E-state index is 0.0945. The third-order valence-corrected chi connectivity index (χ3v) is 2.37. The first-order valence-corrected chi connectivity index (χ1v) is 5.08. The summed E-state index contributed by atoms with van der Waals surface area (Å²) >= 11 is 0. The summed E-state index contributed by atoms with van der Waals surface area (Å²) in [5, 5.41) is 3.31. The average molecular weight is 203 g/mol. The third kappa shape index (κ3) is 2.92. The zero-order chi connectivity index (χ0) is 11.3. The van der Waals surface area contributed by atoms with Crippen LogP contribution in [0.4, 0.5) is 5.69 Å². The Balaban J connectivity index is 2.83. The smallest absolute Gasteiger partial charge is 0.119 e. The number of aryl methyl sites for hydroxylation is 1. The van der Waals surface area contributed by atoms with Crippen molar-refractivity contribution in [1.82, 2.24) is 0 Å². The molecule has 1 atom stereocenters. The highest BCUT2D eigenvalue weighted by atomic mass is 16.5. The van der Waals surface area contributed by atoms with Crippen molar-refractivity contribution in [1.29, 1.82) is 0 Å². The summed E-state index contributed by atoms with van der Waals surface area (Å²) in [6, 6.07) is 6.01. The minimum atomic E-state index is 0.0945. The molecule has 0 heterocycles. The Morgan fingerprint density at radius 2 is 2.27 bits per heavy atom. The number of nitrogens with one attached hydrogen (secondary N) is 1. The lowest BCUT2D eigenvalue weighted by Gasteiger charge is -2.15. The molecule has 2 heteroatoms. The number of methoxy groups -OCH3 is 1. The Morgan fingerprint density at radius 3 is 2.73 bits per heavy atom. The largest absolute Gasteiger partial charge is 0.497 e. The first-order valence-electron chi connectivity index (χ1n) is 5.08. The fourth-order valence-corrected chi connectivity index (χ4v) is 1.37. The van der Waals surface area contributed by atoms with Crippen LogP contribution in [0.5, 0.6) is 5.75 Å². The Labute approximate surface area is 91.6 Å². The first-order chi connectivity index (χ1) is 7.21. The summed E-state index contributed by atoms with van der Waals surface area (Å²) in [5.74, 6) is 3.58. The maximum absolute atomic E-state index is 5.40. The van der Waals surface area contributed by atoms with Gasteiger partial charge in [0, 0.05) is 5.69 Å². The lowest BCUT2D eigenvalue weighted by atomic mass is 10.1. The lowest BCUT2D eigenvalue weighted by Crippen LogP contribution is -2.16. The van der Waals surface area contributed by atoms with Gasteiger partial charge in [0.25, 0.3) is 0 Å². The molecule has 0 saturated carbocycles. The predicted octanol–water partition coefficient (Wildman–Crippen LogP) is 2.83. The lowest BCUT2D eigenvalue weighted by molar-refractivity contribution is 0.414. The van der Waals surface area contributed by atoms with Gasteiger partial charge in [-0.1, -0.05) is 12.8 Å². The van der Waals surface area contributed by atoms with Crippen molar-refractivity contribution in [3.8, 4) is 18.1 Å². The van der Waals surface area contributed by atoms with Crippen molar-refractivity contribution < 1.29 is 4.74 Å². The molecule has 0 aliphatic rings. The molecule has 0 bridgehead atoms. The van der Waals surface area contributed by atoms with Gasteiger partial charge in [-0.3, -0.25) is 0 Å².